The van der Waals surface area contributed by atoms with Crippen LogP contribution in [0.15, 0.2) is 18.2 Å². The lowest BCUT2D eigenvalue weighted by Gasteiger charge is -2.43. The van der Waals surface area contributed by atoms with Gasteiger partial charge in [-0.2, -0.15) is 0 Å². The quantitative estimate of drug-likeness (QED) is 0.837. The lowest BCUT2D eigenvalue weighted by Crippen LogP contribution is -2.48. The summed E-state index contributed by atoms with van der Waals surface area (Å²) < 4.78 is 11.6. The highest BCUT2D eigenvalue weighted by Crippen LogP contribution is 2.34. The Kier molecular flexibility index (Phi) is 5.46. The van der Waals surface area contributed by atoms with Gasteiger partial charge < -0.3 is 14.8 Å². The number of benzene rings is 1. The van der Waals surface area contributed by atoms with Gasteiger partial charge in [0, 0.05) is 32.2 Å². The smallest absolute Gasteiger partial charge is 0.224 e. The number of carbonyl (C=O) groups excluding carboxylic acids is 1. The van der Waals surface area contributed by atoms with E-state index in [9.17, 15) is 4.79 Å². The molecule has 3 heterocycles. The minimum atomic E-state index is 0.122. The van der Waals surface area contributed by atoms with E-state index in [1.807, 2.05) is 25.1 Å². The second-order valence-electron chi connectivity index (χ2n) is 8.04. The summed E-state index contributed by atoms with van der Waals surface area (Å²) in [6, 6.07) is 6.66. The number of likely N-dealkylation sites (tertiary alicyclic amines) is 1. The fourth-order valence-electron chi connectivity index (χ4n) is 4.71. The van der Waals surface area contributed by atoms with Crippen LogP contribution in [0.3, 0.4) is 0 Å². The molecule has 26 heavy (non-hydrogen) atoms. The Labute approximate surface area is 156 Å². The number of aryl methyl sites for hydroxylation is 1. The van der Waals surface area contributed by atoms with Crippen LogP contribution in [0, 0.1) is 18.8 Å². The largest absolute Gasteiger partial charge is 0.491 e. The summed E-state index contributed by atoms with van der Waals surface area (Å²) in [5, 5.41) is 3.08. The number of nitrogens with one attached hydrogen (secondary N) is 1. The van der Waals surface area contributed by atoms with E-state index < -0.39 is 0 Å². The molecule has 1 aromatic carbocycles. The summed E-state index contributed by atoms with van der Waals surface area (Å²) in [6.07, 6.45) is 5.03. The van der Waals surface area contributed by atoms with E-state index in [0.717, 1.165) is 69.0 Å². The number of ether oxygens (including phenoxy) is 2. The number of nitrogens with zero attached hydrogens (tertiary/aromatic N) is 1. The molecule has 3 aliphatic rings. The normalized spacial score (nSPS) is 28.4. The first-order valence-electron chi connectivity index (χ1n) is 10.0. The first-order valence-corrected chi connectivity index (χ1v) is 10.0. The van der Waals surface area contributed by atoms with Gasteiger partial charge in [0.15, 0.2) is 0 Å². The Morgan fingerprint density at radius 3 is 2.77 bits per heavy atom. The van der Waals surface area contributed by atoms with Crippen LogP contribution in [-0.4, -0.2) is 49.8 Å². The van der Waals surface area contributed by atoms with Gasteiger partial charge >= 0.3 is 0 Å². The topological polar surface area (TPSA) is 50.8 Å². The molecule has 0 spiro atoms. The number of hydrogen-bond donors (Lipinski definition) is 1. The third-order valence-corrected chi connectivity index (χ3v) is 6.23. The maximum absolute atomic E-state index is 12.6. The van der Waals surface area contributed by atoms with Crippen molar-refractivity contribution in [2.75, 3.05) is 38.2 Å². The third-order valence-electron chi connectivity index (χ3n) is 6.23. The number of piperidine rings is 1. The van der Waals surface area contributed by atoms with Gasteiger partial charge in [0.1, 0.15) is 5.75 Å². The minimum absolute atomic E-state index is 0.122. The Balaban J connectivity index is 1.46. The molecular weight excluding hydrogens is 328 g/mol. The number of carbonyl (C=O) groups is 1. The van der Waals surface area contributed by atoms with E-state index in [1.54, 1.807) is 0 Å². The van der Waals surface area contributed by atoms with Crippen molar-refractivity contribution in [3.63, 3.8) is 0 Å². The molecule has 142 valence electrons. The Bertz CT molecular complexity index is 642. The predicted octanol–water partition coefficient (Wildman–Crippen LogP) is 3.22. The molecule has 1 amide bonds. The molecular formula is C21H30N2O3. The number of hydrogen-bond acceptors (Lipinski definition) is 4. The highest BCUT2D eigenvalue weighted by molar-refractivity contribution is 5.92. The third kappa shape index (κ3) is 4.04. The Morgan fingerprint density at radius 2 is 1.92 bits per heavy atom. The average Bonchev–Trinajstić information content (AvgIpc) is 2.65. The van der Waals surface area contributed by atoms with Crippen molar-refractivity contribution in [2.24, 2.45) is 11.8 Å². The van der Waals surface area contributed by atoms with Crippen molar-refractivity contribution in [1.29, 1.82) is 0 Å². The fraction of sp³-hybridized carbons (Fsp3) is 0.667. The van der Waals surface area contributed by atoms with Crippen LogP contribution < -0.4 is 10.1 Å². The molecule has 3 aliphatic heterocycles. The minimum Gasteiger partial charge on any atom is -0.491 e. The van der Waals surface area contributed by atoms with E-state index in [-0.39, 0.29) is 5.91 Å². The SMILES string of the molecule is Cc1ccc2c(c1)NC(=O)C[C@@H]1CCN(C3CCOCC3)C[C@@H]1CCO2. The van der Waals surface area contributed by atoms with Crippen LogP contribution in [0.25, 0.3) is 0 Å². The molecule has 4 rings (SSSR count). The standard InChI is InChI=1S/C21H30N2O3/c1-15-2-3-20-19(12-15)22-21(24)13-16-4-8-23(14-17(16)5-11-26-20)18-6-9-25-10-7-18/h2-3,12,16-18H,4-11,13-14H2,1H3,(H,22,24)/t16-,17-/m0/s1. The highest BCUT2D eigenvalue weighted by Gasteiger charge is 2.34. The zero-order chi connectivity index (χ0) is 17.9. The Morgan fingerprint density at radius 1 is 1.08 bits per heavy atom. The van der Waals surface area contributed by atoms with Crippen molar-refractivity contribution >= 4 is 11.6 Å². The molecule has 0 radical (unpaired) electrons. The van der Waals surface area contributed by atoms with E-state index in [0.29, 0.717) is 30.9 Å². The molecule has 0 unspecified atom stereocenters. The van der Waals surface area contributed by atoms with Gasteiger partial charge in [-0.3, -0.25) is 9.69 Å². The summed E-state index contributed by atoms with van der Waals surface area (Å²) in [4.78, 5) is 15.3. The van der Waals surface area contributed by atoms with Crippen LogP contribution in [-0.2, 0) is 9.53 Å². The first kappa shape index (κ1) is 17.8. The Hall–Kier alpha value is -1.59. The molecule has 0 aliphatic carbocycles. The molecule has 5 heteroatoms. The van der Waals surface area contributed by atoms with Gasteiger partial charge in [-0.25, -0.2) is 0 Å². The molecule has 1 aromatic rings. The summed E-state index contributed by atoms with van der Waals surface area (Å²) in [5.74, 6) is 1.90. The molecule has 2 saturated heterocycles. The second kappa shape index (κ2) is 7.97. The van der Waals surface area contributed by atoms with Gasteiger partial charge in [0.25, 0.3) is 0 Å². The molecule has 0 aromatic heterocycles. The van der Waals surface area contributed by atoms with Crippen LogP contribution in [0.2, 0.25) is 0 Å². The van der Waals surface area contributed by atoms with Crippen LogP contribution in [0.1, 0.15) is 37.7 Å². The first-order chi connectivity index (χ1) is 12.7. The van der Waals surface area contributed by atoms with Gasteiger partial charge in [-0.05, 0) is 68.7 Å². The summed E-state index contributed by atoms with van der Waals surface area (Å²) in [7, 11) is 0. The van der Waals surface area contributed by atoms with E-state index >= 15 is 0 Å². The molecule has 0 bridgehead atoms. The van der Waals surface area contributed by atoms with Crippen molar-refractivity contribution in [3.8, 4) is 5.75 Å². The molecule has 1 N–H and O–H groups in total. The van der Waals surface area contributed by atoms with Crippen molar-refractivity contribution in [2.45, 2.75) is 45.1 Å². The molecule has 5 nitrogen and oxygen atoms in total. The molecule has 2 atom stereocenters. The van der Waals surface area contributed by atoms with Crippen molar-refractivity contribution < 1.29 is 14.3 Å². The summed E-state index contributed by atoms with van der Waals surface area (Å²) in [6.45, 7) is 6.72. The van der Waals surface area contributed by atoms with Crippen LogP contribution >= 0.6 is 0 Å². The predicted molar refractivity (Wildman–Crippen MR) is 102 cm³/mol. The van der Waals surface area contributed by atoms with Gasteiger partial charge in [0.05, 0.1) is 12.3 Å². The number of rotatable bonds is 1. The van der Waals surface area contributed by atoms with E-state index in [4.69, 9.17) is 9.47 Å². The summed E-state index contributed by atoms with van der Waals surface area (Å²) in [5.41, 5.74) is 1.94. The number of fused-ring (bicyclic) bond motifs is 2. The molecule has 2 fully saturated rings. The zero-order valence-electron chi connectivity index (χ0n) is 15.7. The van der Waals surface area contributed by atoms with E-state index in [2.05, 4.69) is 10.2 Å². The van der Waals surface area contributed by atoms with Crippen LogP contribution in [0.4, 0.5) is 5.69 Å². The van der Waals surface area contributed by atoms with Gasteiger partial charge in [-0.1, -0.05) is 6.07 Å². The lowest BCUT2D eigenvalue weighted by atomic mass is 9.80. The lowest BCUT2D eigenvalue weighted by molar-refractivity contribution is -0.118. The zero-order valence-corrected chi connectivity index (χ0v) is 15.7. The fourth-order valence-corrected chi connectivity index (χ4v) is 4.71. The maximum atomic E-state index is 12.6. The van der Waals surface area contributed by atoms with Gasteiger partial charge in [0.2, 0.25) is 5.91 Å². The molecule has 0 saturated carbocycles. The second-order valence-corrected chi connectivity index (χ2v) is 8.04. The number of anilines is 1. The summed E-state index contributed by atoms with van der Waals surface area (Å²) >= 11 is 0. The highest BCUT2D eigenvalue weighted by atomic mass is 16.5. The monoisotopic (exact) mass is 358 g/mol. The van der Waals surface area contributed by atoms with Crippen molar-refractivity contribution in [3.05, 3.63) is 23.8 Å². The average molecular weight is 358 g/mol. The number of amides is 1. The maximum Gasteiger partial charge on any atom is 0.224 e. The van der Waals surface area contributed by atoms with Crippen molar-refractivity contribution in [1.82, 2.24) is 4.90 Å². The van der Waals surface area contributed by atoms with E-state index in [1.165, 1.54) is 0 Å². The van der Waals surface area contributed by atoms with Gasteiger partial charge in [-0.15, -0.1) is 0 Å². The van der Waals surface area contributed by atoms with Crippen LogP contribution in [0.5, 0.6) is 5.75 Å².